The van der Waals surface area contributed by atoms with Crippen molar-refractivity contribution in [1.29, 1.82) is 0 Å². The van der Waals surface area contributed by atoms with Crippen LogP contribution in [0.25, 0.3) is 6.08 Å². The molecule has 0 bridgehead atoms. The van der Waals surface area contributed by atoms with Crippen LogP contribution >= 0.6 is 0 Å². The van der Waals surface area contributed by atoms with Crippen molar-refractivity contribution in [1.82, 2.24) is 4.98 Å². The molecule has 0 aliphatic heterocycles. The summed E-state index contributed by atoms with van der Waals surface area (Å²) in [5.41, 5.74) is 1.16. The van der Waals surface area contributed by atoms with Gasteiger partial charge in [0, 0.05) is 34.4 Å². The minimum absolute atomic E-state index is 0.142. The lowest BCUT2D eigenvalue weighted by molar-refractivity contribution is -0.137. The van der Waals surface area contributed by atoms with Gasteiger partial charge in [-0.25, -0.2) is 0 Å². The topological polar surface area (TPSA) is 71.1 Å². The Morgan fingerprint density at radius 1 is 1.00 bits per heavy atom. The zero-order valence-corrected chi connectivity index (χ0v) is 17.4. The number of carbonyl (C=O) groups is 2. The standard InChI is InChI=1S/C25H18F3N3O2/c1-3-4-11-21-16(2)29-13-12-22(21)24(33)31-20-10-6-9-19(15-20)30-23(32)17-7-5-8-18(14-17)25(26,27)28/h1,4-15H,2H3,(H,30,32)(H,31,33)/b11-4-. The predicted octanol–water partition coefficient (Wildman–Crippen LogP) is 5.56. The molecule has 2 N–H and O–H groups in total. The van der Waals surface area contributed by atoms with Crippen LogP contribution in [0.3, 0.4) is 0 Å². The lowest BCUT2D eigenvalue weighted by Gasteiger charge is -2.12. The second-order valence-electron chi connectivity index (χ2n) is 6.93. The lowest BCUT2D eigenvalue weighted by atomic mass is 10.1. The summed E-state index contributed by atoms with van der Waals surface area (Å²) in [7, 11) is 0. The number of halogens is 3. The van der Waals surface area contributed by atoms with Crippen molar-refractivity contribution >= 4 is 29.3 Å². The zero-order valence-electron chi connectivity index (χ0n) is 17.4. The fourth-order valence-corrected chi connectivity index (χ4v) is 3.03. The van der Waals surface area contributed by atoms with Crippen molar-refractivity contribution in [3.8, 4) is 12.3 Å². The van der Waals surface area contributed by atoms with E-state index < -0.39 is 23.6 Å². The maximum atomic E-state index is 12.9. The molecule has 0 saturated carbocycles. The van der Waals surface area contributed by atoms with Gasteiger partial charge in [-0.3, -0.25) is 14.6 Å². The molecule has 2 aromatic carbocycles. The Balaban J connectivity index is 1.78. The second kappa shape index (κ2) is 9.83. The first kappa shape index (κ1) is 23.3. The molecule has 8 heteroatoms. The van der Waals surface area contributed by atoms with Crippen LogP contribution in [0, 0.1) is 19.3 Å². The maximum Gasteiger partial charge on any atom is 0.416 e. The molecule has 5 nitrogen and oxygen atoms in total. The van der Waals surface area contributed by atoms with Gasteiger partial charge < -0.3 is 10.6 Å². The number of rotatable bonds is 5. The number of aromatic nitrogens is 1. The smallest absolute Gasteiger partial charge is 0.322 e. The van der Waals surface area contributed by atoms with E-state index in [2.05, 4.69) is 21.5 Å². The van der Waals surface area contributed by atoms with Gasteiger partial charge >= 0.3 is 6.18 Å². The third-order valence-electron chi connectivity index (χ3n) is 4.61. The molecule has 0 radical (unpaired) electrons. The molecule has 1 aromatic heterocycles. The molecule has 0 unspecified atom stereocenters. The van der Waals surface area contributed by atoms with Crippen molar-refractivity contribution < 1.29 is 22.8 Å². The van der Waals surface area contributed by atoms with Crippen LogP contribution in [-0.4, -0.2) is 16.8 Å². The highest BCUT2D eigenvalue weighted by Gasteiger charge is 2.30. The van der Waals surface area contributed by atoms with Crippen LogP contribution in [0.15, 0.2) is 66.9 Å². The molecule has 0 aliphatic rings. The van der Waals surface area contributed by atoms with Crippen LogP contribution in [0.4, 0.5) is 24.5 Å². The van der Waals surface area contributed by atoms with Gasteiger partial charge in [-0.15, -0.1) is 6.42 Å². The van der Waals surface area contributed by atoms with Gasteiger partial charge in [0.25, 0.3) is 11.8 Å². The number of benzene rings is 2. The molecule has 0 saturated heterocycles. The van der Waals surface area contributed by atoms with E-state index in [0.29, 0.717) is 28.2 Å². The number of amides is 2. The van der Waals surface area contributed by atoms with E-state index in [0.717, 1.165) is 18.2 Å². The van der Waals surface area contributed by atoms with E-state index in [1.165, 1.54) is 24.4 Å². The number of carbonyl (C=O) groups excluding carboxylic acids is 2. The fourth-order valence-electron chi connectivity index (χ4n) is 3.03. The maximum absolute atomic E-state index is 12.9. The van der Waals surface area contributed by atoms with E-state index in [9.17, 15) is 22.8 Å². The number of pyridine rings is 1. The predicted molar refractivity (Wildman–Crippen MR) is 121 cm³/mol. The van der Waals surface area contributed by atoms with E-state index in [1.807, 2.05) is 0 Å². The molecule has 1 heterocycles. The van der Waals surface area contributed by atoms with Crippen LogP contribution in [0.2, 0.25) is 0 Å². The van der Waals surface area contributed by atoms with Crippen molar-refractivity contribution in [2.45, 2.75) is 13.1 Å². The summed E-state index contributed by atoms with van der Waals surface area (Å²) in [4.78, 5) is 29.4. The quantitative estimate of drug-likeness (QED) is 0.501. The molecule has 166 valence electrons. The van der Waals surface area contributed by atoms with Gasteiger partial charge in [0.2, 0.25) is 0 Å². The van der Waals surface area contributed by atoms with E-state index >= 15 is 0 Å². The SMILES string of the molecule is C#C/C=C\c1c(C(=O)Nc2cccc(NC(=O)c3cccc(C(F)(F)F)c3)c2)ccnc1C. The number of terminal acetylenes is 1. The van der Waals surface area contributed by atoms with Crippen LogP contribution in [0.5, 0.6) is 0 Å². The first-order chi connectivity index (χ1) is 15.7. The van der Waals surface area contributed by atoms with E-state index in [1.54, 1.807) is 37.3 Å². The summed E-state index contributed by atoms with van der Waals surface area (Å²) in [6.07, 6.45) is 5.28. The third-order valence-corrected chi connectivity index (χ3v) is 4.61. The largest absolute Gasteiger partial charge is 0.416 e. The normalized spacial score (nSPS) is 11.1. The Hall–Kier alpha value is -4.38. The molecular weight excluding hydrogens is 431 g/mol. The molecule has 33 heavy (non-hydrogen) atoms. The molecular formula is C25H18F3N3O2. The number of nitrogens with one attached hydrogen (secondary N) is 2. The molecule has 3 rings (SSSR count). The van der Waals surface area contributed by atoms with E-state index in [-0.39, 0.29) is 5.56 Å². The molecule has 0 spiro atoms. The number of hydrogen-bond acceptors (Lipinski definition) is 3. The summed E-state index contributed by atoms with van der Waals surface area (Å²) in [6.45, 7) is 1.75. The Morgan fingerprint density at radius 3 is 2.33 bits per heavy atom. The Labute approximate surface area is 188 Å². The van der Waals surface area contributed by atoms with Crippen LogP contribution < -0.4 is 10.6 Å². The minimum Gasteiger partial charge on any atom is -0.322 e. The molecule has 0 atom stereocenters. The van der Waals surface area contributed by atoms with Crippen molar-refractivity contribution in [2.24, 2.45) is 0 Å². The average Bonchev–Trinajstić information content (AvgIpc) is 2.78. The summed E-state index contributed by atoms with van der Waals surface area (Å²) in [5.74, 6) is 1.24. The highest BCUT2D eigenvalue weighted by Crippen LogP contribution is 2.29. The summed E-state index contributed by atoms with van der Waals surface area (Å²) < 4.78 is 38.7. The summed E-state index contributed by atoms with van der Waals surface area (Å²) in [6, 6.07) is 11.9. The highest BCUT2D eigenvalue weighted by atomic mass is 19.4. The van der Waals surface area contributed by atoms with Crippen molar-refractivity contribution in [3.05, 3.63) is 94.8 Å². The number of hydrogen-bond donors (Lipinski definition) is 2. The van der Waals surface area contributed by atoms with Gasteiger partial charge in [-0.05, 0) is 61.5 Å². The number of allylic oxidation sites excluding steroid dienone is 1. The summed E-state index contributed by atoms with van der Waals surface area (Å²) >= 11 is 0. The van der Waals surface area contributed by atoms with Gasteiger partial charge in [0.1, 0.15) is 0 Å². The fraction of sp³-hybridized carbons (Fsp3) is 0.0800. The first-order valence-electron chi connectivity index (χ1n) is 9.67. The van der Waals surface area contributed by atoms with Crippen molar-refractivity contribution in [2.75, 3.05) is 10.6 Å². The Morgan fingerprint density at radius 2 is 1.67 bits per heavy atom. The summed E-state index contributed by atoms with van der Waals surface area (Å²) in [5, 5.41) is 5.27. The monoisotopic (exact) mass is 449 g/mol. The zero-order chi connectivity index (χ0) is 24.0. The molecule has 3 aromatic rings. The van der Waals surface area contributed by atoms with Crippen LogP contribution in [-0.2, 0) is 6.18 Å². The number of alkyl halides is 3. The first-order valence-corrected chi connectivity index (χ1v) is 9.67. The lowest BCUT2D eigenvalue weighted by Crippen LogP contribution is -2.16. The minimum atomic E-state index is -4.56. The number of nitrogens with zero attached hydrogens (tertiary/aromatic N) is 1. The molecule has 0 fully saturated rings. The van der Waals surface area contributed by atoms with Gasteiger partial charge in [-0.1, -0.05) is 18.1 Å². The Bertz CT molecular complexity index is 1270. The van der Waals surface area contributed by atoms with Gasteiger partial charge in [0.15, 0.2) is 0 Å². The van der Waals surface area contributed by atoms with E-state index in [4.69, 9.17) is 6.42 Å². The second-order valence-corrected chi connectivity index (χ2v) is 6.93. The van der Waals surface area contributed by atoms with Gasteiger partial charge in [-0.2, -0.15) is 13.2 Å². The molecule has 0 aliphatic carbocycles. The van der Waals surface area contributed by atoms with Crippen molar-refractivity contribution in [3.63, 3.8) is 0 Å². The number of aryl methyl sites for hydroxylation is 1. The highest BCUT2D eigenvalue weighted by molar-refractivity contribution is 6.08. The Kier molecular flexibility index (Phi) is 6.94. The third kappa shape index (κ3) is 5.86. The molecule has 2 amide bonds. The van der Waals surface area contributed by atoms with Gasteiger partial charge in [0.05, 0.1) is 11.1 Å². The average molecular weight is 449 g/mol. The number of anilines is 2. The van der Waals surface area contributed by atoms with Crippen LogP contribution in [0.1, 0.15) is 37.5 Å².